The second-order valence-corrected chi connectivity index (χ2v) is 8.51. The van der Waals surface area contributed by atoms with Crippen molar-refractivity contribution in [2.45, 2.75) is 50.5 Å². The molecule has 0 unspecified atom stereocenters. The lowest BCUT2D eigenvalue weighted by atomic mass is 9.96. The van der Waals surface area contributed by atoms with Crippen LogP contribution in [0.25, 0.3) is 0 Å². The van der Waals surface area contributed by atoms with Gasteiger partial charge in [-0.3, -0.25) is 9.59 Å². The van der Waals surface area contributed by atoms with Gasteiger partial charge < -0.3 is 29.9 Å². The predicted octanol–water partition coefficient (Wildman–Crippen LogP) is 1.13. The van der Waals surface area contributed by atoms with Crippen molar-refractivity contribution in [2.24, 2.45) is 0 Å². The molecule has 2 aliphatic rings. The number of carbonyl (C=O) groups excluding carboxylic acids is 3. The van der Waals surface area contributed by atoms with Gasteiger partial charge in [0.25, 0.3) is 0 Å². The molecule has 9 heteroatoms. The van der Waals surface area contributed by atoms with E-state index in [0.717, 1.165) is 31.5 Å². The highest BCUT2D eigenvalue weighted by molar-refractivity contribution is 6.34. The summed E-state index contributed by atoms with van der Waals surface area (Å²) in [7, 11) is 3.07. The molecule has 3 rings (SSSR count). The summed E-state index contributed by atoms with van der Waals surface area (Å²) in [5.74, 6) is -1.29. The topological polar surface area (TPSA) is 100 Å². The largest absolute Gasteiger partial charge is 0.445 e. The highest BCUT2D eigenvalue weighted by atomic mass is 16.6. The van der Waals surface area contributed by atoms with Crippen LogP contribution in [-0.4, -0.2) is 86.2 Å². The number of likely N-dealkylation sites (N-methyl/N-ethyl adjacent to an activating group) is 1. The Morgan fingerprint density at radius 1 is 1.12 bits per heavy atom. The summed E-state index contributed by atoms with van der Waals surface area (Å²) < 4.78 is 11.7. The molecule has 0 radical (unpaired) electrons. The number of benzene rings is 1. The number of amides is 3. The Hall–Kier alpha value is -2.65. The molecule has 2 atom stereocenters. The Morgan fingerprint density at radius 2 is 1.84 bits per heavy atom. The average molecular weight is 447 g/mol. The molecular weight excluding hydrogens is 412 g/mol. The molecule has 1 aromatic rings. The number of nitrogens with one attached hydrogen (secondary N) is 2. The molecule has 2 heterocycles. The quantitative estimate of drug-likeness (QED) is 0.636. The Balaban J connectivity index is 1.67. The zero-order chi connectivity index (χ0) is 22.9. The molecule has 1 aromatic carbocycles. The van der Waals surface area contributed by atoms with E-state index in [1.54, 1.807) is 4.90 Å². The molecule has 0 aliphatic carbocycles. The smallest absolute Gasteiger partial charge is 0.410 e. The van der Waals surface area contributed by atoms with Crippen molar-refractivity contribution in [2.75, 3.05) is 40.3 Å². The highest BCUT2D eigenvalue weighted by Gasteiger charge is 2.38. The summed E-state index contributed by atoms with van der Waals surface area (Å²) in [6.07, 6.45) is 2.84. The monoisotopic (exact) mass is 446 g/mol. The second-order valence-electron chi connectivity index (χ2n) is 8.51. The third-order valence-electron chi connectivity index (χ3n) is 5.92. The first kappa shape index (κ1) is 24.0. The van der Waals surface area contributed by atoms with E-state index in [1.807, 2.05) is 30.3 Å². The van der Waals surface area contributed by atoms with Gasteiger partial charge in [0.1, 0.15) is 6.61 Å². The van der Waals surface area contributed by atoms with E-state index in [2.05, 4.69) is 10.6 Å². The van der Waals surface area contributed by atoms with Crippen LogP contribution in [0.5, 0.6) is 0 Å². The average Bonchev–Trinajstić information content (AvgIpc) is 2.82. The molecule has 2 N–H and O–H groups in total. The van der Waals surface area contributed by atoms with Crippen LogP contribution in [0.3, 0.4) is 0 Å². The second kappa shape index (κ2) is 11.8. The van der Waals surface area contributed by atoms with E-state index in [4.69, 9.17) is 9.47 Å². The number of likely N-dealkylation sites (tertiary alicyclic amines) is 1. The molecule has 0 saturated carbocycles. The molecule has 3 amide bonds. The Bertz CT molecular complexity index is 767. The van der Waals surface area contributed by atoms with Crippen molar-refractivity contribution >= 4 is 17.9 Å². The van der Waals surface area contributed by atoms with Gasteiger partial charge in [-0.2, -0.15) is 0 Å². The molecule has 9 nitrogen and oxygen atoms in total. The summed E-state index contributed by atoms with van der Waals surface area (Å²) in [4.78, 5) is 40.3. The van der Waals surface area contributed by atoms with Crippen LogP contribution in [0, 0.1) is 0 Å². The third-order valence-corrected chi connectivity index (χ3v) is 5.92. The lowest BCUT2D eigenvalue weighted by Gasteiger charge is -2.41. The minimum Gasteiger partial charge on any atom is -0.445 e. The minimum absolute atomic E-state index is 0.111. The first-order chi connectivity index (χ1) is 15.5. The van der Waals surface area contributed by atoms with Gasteiger partial charge in [0, 0.05) is 20.6 Å². The van der Waals surface area contributed by atoms with Crippen LogP contribution in [0.2, 0.25) is 0 Å². The van der Waals surface area contributed by atoms with Gasteiger partial charge in [0.05, 0.1) is 24.8 Å². The highest BCUT2D eigenvalue weighted by Crippen LogP contribution is 2.21. The number of hydrogen-bond acceptors (Lipinski definition) is 6. The number of piperidine rings is 2. The molecular formula is C23H34N4O5. The van der Waals surface area contributed by atoms with Gasteiger partial charge in [-0.1, -0.05) is 30.3 Å². The van der Waals surface area contributed by atoms with Crippen LogP contribution in [0.1, 0.15) is 31.2 Å². The molecule has 2 aliphatic heterocycles. The number of ether oxygens (including phenoxy) is 2. The van der Waals surface area contributed by atoms with Gasteiger partial charge >= 0.3 is 17.9 Å². The van der Waals surface area contributed by atoms with Gasteiger partial charge in [-0.15, -0.1) is 0 Å². The third kappa shape index (κ3) is 6.67. The molecule has 2 fully saturated rings. The zero-order valence-electron chi connectivity index (χ0n) is 18.9. The van der Waals surface area contributed by atoms with Crippen molar-refractivity contribution in [1.29, 1.82) is 0 Å². The number of rotatable bonds is 6. The lowest BCUT2D eigenvalue weighted by molar-refractivity contribution is -0.145. The van der Waals surface area contributed by atoms with Crippen LogP contribution >= 0.6 is 0 Å². The maximum absolute atomic E-state index is 13.0. The fourth-order valence-corrected chi connectivity index (χ4v) is 4.09. The van der Waals surface area contributed by atoms with E-state index in [1.165, 1.54) is 19.0 Å². The van der Waals surface area contributed by atoms with Crippen molar-refractivity contribution in [3.63, 3.8) is 0 Å². The van der Waals surface area contributed by atoms with Gasteiger partial charge in [0.15, 0.2) is 0 Å². The van der Waals surface area contributed by atoms with Crippen LogP contribution < -0.4 is 10.6 Å². The van der Waals surface area contributed by atoms with Gasteiger partial charge in [0.2, 0.25) is 0 Å². The number of hydrogen-bond donors (Lipinski definition) is 2. The van der Waals surface area contributed by atoms with Crippen molar-refractivity contribution < 1.29 is 23.9 Å². The summed E-state index contributed by atoms with van der Waals surface area (Å²) in [6.45, 7) is 2.77. The summed E-state index contributed by atoms with van der Waals surface area (Å²) >= 11 is 0. The fraction of sp³-hybridized carbons (Fsp3) is 0.609. The Kier molecular flexibility index (Phi) is 8.87. The molecule has 0 spiro atoms. The summed E-state index contributed by atoms with van der Waals surface area (Å²) in [6, 6.07) is 8.72. The van der Waals surface area contributed by atoms with Crippen molar-refractivity contribution in [3.8, 4) is 0 Å². The summed E-state index contributed by atoms with van der Waals surface area (Å²) in [5.41, 5.74) is 0.904. The maximum Gasteiger partial charge on any atom is 0.410 e. The van der Waals surface area contributed by atoms with Crippen LogP contribution in [0.4, 0.5) is 4.79 Å². The standard InChI is InChI=1S/C23H34N4O5/c1-26(2)22(29)21(28)25-19-9-6-14-27(20(19)16-31-18-10-12-24-13-11-18)23(30)32-15-17-7-4-3-5-8-17/h3-5,7-8,18-20,24H,6,9-16H2,1-2H3,(H,25,28)/t19-,20-/m0/s1. The SMILES string of the molecule is CN(C)C(=O)C(=O)N[C@H]1CCCN(C(=O)OCc2ccccc2)[C@H]1COC1CCNCC1. The van der Waals surface area contributed by atoms with Crippen LogP contribution in [0.15, 0.2) is 30.3 Å². The zero-order valence-corrected chi connectivity index (χ0v) is 18.9. The minimum atomic E-state index is -0.675. The molecule has 32 heavy (non-hydrogen) atoms. The van der Waals surface area contributed by atoms with Gasteiger partial charge in [-0.25, -0.2) is 4.79 Å². The van der Waals surface area contributed by atoms with E-state index in [0.29, 0.717) is 19.4 Å². The van der Waals surface area contributed by atoms with E-state index < -0.39 is 23.9 Å². The van der Waals surface area contributed by atoms with E-state index in [9.17, 15) is 14.4 Å². The number of carbonyl (C=O) groups is 3. The first-order valence-electron chi connectivity index (χ1n) is 11.3. The fourth-order valence-electron chi connectivity index (χ4n) is 4.09. The predicted molar refractivity (Wildman–Crippen MR) is 119 cm³/mol. The molecule has 0 aromatic heterocycles. The lowest BCUT2D eigenvalue weighted by Crippen LogP contribution is -2.60. The molecule has 0 bridgehead atoms. The molecule has 2 saturated heterocycles. The Labute approximate surface area is 189 Å². The van der Waals surface area contributed by atoms with Crippen molar-refractivity contribution in [3.05, 3.63) is 35.9 Å². The van der Waals surface area contributed by atoms with E-state index in [-0.39, 0.29) is 25.4 Å². The van der Waals surface area contributed by atoms with Gasteiger partial charge in [-0.05, 0) is 44.3 Å². The maximum atomic E-state index is 13.0. The van der Waals surface area contributed by atoms with Crippen LogP contribution in [-0.2, 0) is 25.7 Å². The summed E-state index contributed by atoms with van der Waals surface area (Å²) in [5, 5.41) is 6.13. The van der Waals surface area contributed by atoms with Crippen molar-refractivity contribution in [1.82, 2.24) is 20.4 Å². The van der Waals surface area contributed by atoms with E-state index >= 15 is 0 Å². The Morgan fingerprint density at radius 3 is 2.53 bits per heavy atom. The molecule has 176 valence electrons. The normalized spacial score (nSPS) is 21.6. The first-order valence-corrected chi connectivity index (χ1v) is 11.3. The number of nitrogens with zero attached hydrogens (tertiary/aromatic N) is 2.